The van der Waals surface area contributed by atoms with E-state index in [2.05, 4.69) is 58.8 Å². The van der Waals surface area contributed by atoms with Crippen LogP contribution in [0.3, 0.4) is 0 Å². The number of hydrogen-bond donors (Lipinski definition) is 4. The fourth-order valence-electron chi connectivity index (χ4n) is 1.13. The topological polar surface area (TPSA) is 120 Å². The van der Waals surface area contributed by atoms with Gasteiger partial charge in [0.2, 0.25) is 0 Å². The van der Waals surface area contributed by atoms with E-state index in [1.165, 1.54) is 10.8 Å². The van der Waals surface area contributed by atoms with Crippen molar-refractivity contribution in [2.45, 2.75) is 0 Å². The SMILES string of the molecule is N[SH](=O)=O.N[SH](=O)=O.c1ccc2ccccc2c1. The van der Waals surface area contributed by atoms with Crippen LogP contribution in [0.5, 0.6) is 0 Å². The van der Waals surface area contributed by atoms with Crippen LogP contribution < -0.4 is 10.3 Å². The average Bonchev–Trinajstić information content (AvgIpc) is 2.28. The number of nitrogens with two attached hydrogens (primary N) is 2. The Hall–Kier alpha value is -1.48. The van der Waals surface area contributed by atoms with Crippen LogP contribution in [0.15, 0.2) is 48.5 Å². The zero-order valence-electron chi connectivity index (χ0n) is 9.30. The number of rotatable bonds is 0. The van der Waals surface area contributed by atoms with Gasteiger partial charge < -0.3 is 0 Å². The third kappa shape index (κ3) is 9.73. The molecule has 0 saturated heterocycles. The Labute approximate surface area is 108 Å². The average molecular weight is 290 g/mol. The summed E-state index contributed by atoms with van der Waals surface area (Å²) in [5.41, 5.74) is 0. The van der Waals surface area contributed by atoms with Gasteiger partial charge in [-0.15, -0.1) is 0 Å². The minimum absolute atomic E-state index is 1.31. The lowest BCUT2D eigenvalue weighted by atomic mass is 10.1. The Morgan fingerprint density at radius 3 is 0.944 bits per heavy atom. The smallest absolute Gasteiger partial charge is 0.198 e. The van der Waals surface area contributed by atoms with Gasteiger partial charge in [0.1, 0.15) is 0 Å². The first-order valence-corrected chi connectivity index (χ1v) is 7.14. The van der Waals surface area contributed by atoms with Crippen molar-refractivity contribution in [3.63, 3.8) is 0 Å². The summed E-state index contributed by atoms with van der Waals surface area (Å²) in [6.07, 6.45) is 0. The Balaban J connectivity index is 0.000000307. The molecular weight excluding hydrogens is 276 g/mol. The van der Waals surface area contributed by atoms with E-state index in [0.717, 1.165) is 0 Å². The van der Waals surface area contributed by atoms with Crippen LogP contribution in [0.25, 0.3) is 10.8 Å². The third-order valence-corrected chi connectivity index (χ3v) is 1.66. The summed E-state index contributed by atoms with van der Waals surface area (Å²) in [5, 5.41) is 10.8. The normalized spacial score (nSPS) is 9.33. The van der Waals surface area contributed by atoms with Gasteiger partial charge in [-0.3, -0.25) is 0 Å². The van der Waals surface area contributed by atoms with E-state index in [-0.39, 0.29) is 0 Å². The van der Waals surface area contributed by atoms with Crippen molar-refractivity contribution in [1.82, 2.24) is 0 Å². The molecule has 6 nitrogen and oxygen atoms in total. The second kappa shape index (κ2) is 9.54. The first-order valence-electron chi connectivity index (χ1n) is 4.65. The molecule has 0 unspecified atom stereocenters. The summed E-state index contributed by atoms with van der Waals surface area (Å²) < 4.78 is 35.3. The summed E-state index contributed by atoms with van der Waals surface area (Å²) in [6, 6.07) is 16.7. The molecule has 0 amide bonds. The maximum Gasteiger partial charge on any atom is 0.198 e. The molecule has 4 N–H and O–H groups in total. The molecule has 0 spiro atoms. The Morgan fingerprint density at radius 1 is 0.611 bits per heavy atom. The van der Waals surface area contributed by atoms with Crippen molar-refractivity contribution < 1.29 is 16.8 Å². The van der Waals surface area contributed by atoms with E-state index in [1.54, 1.807) is 0 Å². The minimum atomic E-state index is -2.62. The molecule has 0 heterocycles. The van der Waals surface area contributed by atoms with Gasteiger partial charge in [-0.2, -0.15) is 0 Å². The Kier molecular flexibility index (Phi) is 8.76. The second-order valence-corrected chi connectivity index (χ2v) is 4.06. The molecule has 2 rings (SSSR count). The Morgan fingerprint density at radius 2 is 0.778 bits per heavy atom. The first kappa shape index (κ1) is 16.5. The summed E-state index contributed by atoms with van der Waals surface area (Å²) in [6.45, 7) is 0. The van der Waals surface area contributed by atoms with Crippen molar-refractivity contribution in [3.05, 3.63) is 48.5 Å². The molecule has 0 atom stereocenters. The molecule has 0 aromatic heterocycles. The molecule has 0 bridgehead atoms. The molecule has 0 radical (unpaired) electrons. The van der Waals surface area contributed by atoms with Gasteiger partial charge in [0, 0.05) is 0 Å². The van der Waals surface area contributed by atoms with E-state index < -0.39 is 21.8 Å². The van der Waals surface area contributed by atoms with Crippen molar-refractivity contribution in [2.24, 2.45) is 10.3 Å². The first-order chi connectivity index (χ1) is 8.43. The standard InChI is InChI=1S/C10H8.2H3NO2S/c1-2-6-10-8-4-3-7-9(10)5-1;2*1-4(2)3/h1-8H;2*4H,(H2,1,2,3). The molecule has 0 saturated carbocycles. The van der Waals surface area contributed by atoms with E-state index in [4.69, 9.17) is 16.8 Å². The minimum Gasteiger partial charge on any atom is -0.231 e. The largest absolute Gasteiger partial charge is 0.231 e. The van der Waals surface area contributed by atoms with Crippen molar-refractivity contribution in [1.29, 1.82) is 0 Å². The highest BCUT2D eigenvalue weighted by Crippen LogP contribution is 2.11. The number of fused-ring (bicyclic) bond motifs is 1. The molecule has 8 heteroatoms. The summed E-state index contributed by atoms with van der Waals surface area (Å²) in [7, 11) is -5.24. The lowest BCUT2D eigenvalue weighted by Crippen LogP contribution is -1.85. The zero-order chi connectivity index (χ0) is 14.0. The number of hydrogen-bond acceptors (Lipinski definition) is 4. The maximum atomic E-state index is 8.81. The van der Waals surface area contributed by atoms with Crippen LogP contribution in [0, 0.1) is 0 Å². The van der Waals surface area contributed by atoms with Crippen molar-refractivity contribution in [3.8, 4) is 0 Å². The van der Waals surface area contributed by atoms with Gasteiger partial charge in [-0.1, -0.05) is 48.5 Å². The highest BCUT2D eigenvalue weighted by Gasteiger charge is 1.85. The maximum absolute atomic E-state index is 8.81. The van der Waals surface area contributed by atoms with Crippen LogP contribution in [0.2, 0.25) is 0 Å². The fourth-order valence-corrected chi connectivity index (χ4v) is 1.13. The van der Waals surface area contributed by atoms with Crippen LogP contribution in [0.1, 0.15) is 0 Å². The molecular formula is C10H14N2O4S2. The van der Waals surface area contributed by atoms with Gasteiger partial charge in [-0.25, -0.2) is 27.1 Å². The molecule has 0 aliphatic heterocycles. The Bertz CT molecular complexity index is 523. The predicted molar refractivity (Wildman–Crippen MR) is 73.0 cm³/mol. The lowest BCUT2D eigenvalue weighted by molar-refractivity contribution is 0.614. The number of benzene rings is 2. The van der Waals surface area contributed by atoms with Gasteiger partial charge in [0.15, 0.2) is 21.8 Å². The van der Waals surface area contributed by atoms with Gasteiger partial charge >= 0.3 is 0 Å². The molecule has 0 aliphatic carbocycles. The van der Waals surface area contributed by atoms with Gasteiger partial charge in [0.05, 0.1) is 0 Å². The van der Waals surface area contributed by atoms with E-state index >= 15 is 0 Å². The van der Waals surface area contributed by atoms with Crippen LogP contribution in [-0.4, -0.2) is 16.8 Å². The molecule has 100 valence electrons. The van der Waals surface area contributed by atoms with Gasteiger partial charge in [-0.05, 0) is 10.8 Å². The highest BCUT2D eigenvalue weighted by atomic mass is 32.2. The summed E-state index contributed by atoms with van der Waals surface area (Å²) in [4.78, 5) is 0. The van der Waals surface area contributed by atoms with Crippen molar-refractivity contribution >= 4 is 32.6 Å². The number of thiol groups is 2. The monoisotopic (exact) mass is 290 g/mol. The summed E-state index contributed by atoms with van der Waals surface area (Å²) >= 11 is 0. The van der Waals surface area contributed by atoms with E-state index in [9.17, 15) is 0 Å². The van der Waals surface area contributed by atoms with E-state index in [0.29, 0.717) is 0 Å². The quantitative estimate of drug-likeness (QED) is 0.501. The van der Waals surface area contributed by atoms with Crippen LogP contribution >= 0.6 is 0 Å². The molecule has 0 fully saturated rings. The fraction of sp³-hybridized carbons (Fsp3) is 0. The summed E-state index contributed by atoms with van der Waals surface area (Å²) in [5.74, 6) is 0. The molecule has 2 aromatic carbocycles. The third-order valence-electron chi connectivity index (χ3n) is 1.66. The molecule has 18 heavy (non-hydrogen) atoms. The zero-order valence-corrected chi connectivity index (χ0v) is 11.1. The molecule has 0 aliphatic rings. The predicted octanol–water partition coefficient (Wildman–Crippen LogP) is -0.217. The lowest BCUT2D eigenvalue weighted by Gasteiger charge is -1.92. The van der Waals surface area contributed by atoms with Crippen molar-refractivity contribution in [2.75, 3.05) is 0 Å². The van der Waals surface area contributed by atoms with Crippen LogP contribution in [-0.2, 0) is 21.8 Å². The van der Waals surface area contributed by atoms with Crippen LogP contribution in [0.4, 0.5) is 0 Å². The molecule has 2 aromatic rings. The second-order valence-electron chi connectivity index (χ2n) is 2.92. The van der Waals surface area contributed by atoms with E-state index in [1.807, 2.05) is 0 Å². The highest BCUT2D eigenvalue weighted by molar-refractivity contribution is 7.70. The van der Waals surface area contributed by atoms with Gasteiger partial charge in [0.25, 0.3) is 0 Å².